The van der Waals surface area contributed by atoms with Gasteiger partial charge in [0, 0.05) is 0 Å². The molecule has 0 amide bonds. The first kappa shape index (κ1) is 14.6. The first-order valence-corrected chi connectivity index (χ1v) is 9.58. The van der Waals surface area contributed by atoms with Gasteiger partial charge in [0.1, 0.15) is 0 Å². The van der Waals surface area contributed by atoms with E-state index in [4.69, 9.17) is 3.07 Å². The Morgan fingerprint density at radius 3 is 2.41 bits per heavy atom. The molecule has 0 saturated heterocycles. The van der Waals surface area contributed by atoms with Crippen LogP contribution in [0.1, 0.15) is 18.4 Å². The number of alkyl halides is 3. The van der Waals surface area contributed by atoms with Crippen molar-refractivity contribution < 1.29 is 19.3 Å². The van der Waals surface area contributed by atoms with E-state index in [2.05, 4.69) is 0 Å². The van der Waals surface area contributed by atoms with Crippen LogP contribution in [0.25, 0.3) is 0 Å². The average molecular weight is 353 g/mol. The predicted molar refractivity (Wildman–Crippen MR) is 57.8 cm³/mol. The molecule has 0 aliphatic rings. The van der Waals surface area contributed by atoms with Crippen LogP contribution in [0.4, 0.5) is 13.2 Å². The van der Waals surface area contributed by atoms with Gasteiger partial charge in [0.25, 0.3) is 0 Å². The second-order valence-electron chi connectivity index (χ2n) is 3.62. The number of hydrogen-bond acceptors (Lipinski definition) is 2. The third-order valence-electron chi connectivity index (χ3n) is 2.08. The SMILES string of the molecule is [O]=[Sn]([CH2]CCC(F)(F)F)[O]Cc1ccccc1. The zero-order chi connectivity index (χ0) is 12.7. The molecule has 0 aliphatic carbocycles. The molecule has 0 aliphatic heterocycles. The molecule has 1 aromatic rings. The van der Waals surface area contributed by atoms with Crippen LogP contribution in [0, 0.1) is 0 Å². The van der Waals surface area contributed by atoms with E-state index in [0.717, 1.165) is 5.56 Å². The predicted octanol–water partition coefficient (Wildman–Crippen LogP) is 3.46. The van der Waals surface area contributed by atoms with Crippen LogP contribution in [0.2, 0.25) is 4.44 Å². The summed E-state index contributed by atoms with van der Waals surface area (Å²) >= 11 is -3.26. The molecule has 0 atom stereocenters. The normalized spacial score (nSPS) is 11.5. The van der Waals surface area contributed by atoms with Gasteiger partial charge >= 0.3 is 105 Å². The van der Waals surface area contributed by atoms with Gasteiger partial charge in [-0.2, -0.15) is 0 Å². The Balaban J connectivity index is 2.18. The van der Waals surface area contributed by atoms with E-state index in [9.17, 15) is 16.2 Å². The third-order valence-corrected chi connectivity index (χ3v) is 5.59. The van der Waals surface area contributed by atoms with Crippen molar-refractivity contribution in [1.82, 2.24) is 0 Å². The summed E-state index contributed by atoms with van der Waals surface area (Å²) in [5.74, 6) is 0. The Hall–Kier alpha value is -0.431. The molecule has 0 fully saturated rings. The summed E-state index contributed by atoms with van der Waals surface area (Å²) in [5, 5.41) is 0. The Morgan fingerprint density at radius 1 is 1.18 bits per heavy atom. The Kier molecular flexibility index (Phi) is 6.11. The summed E-state index contributed by atoms with van der Waals surface area (Å²) in [6, 6.07) is 9.16. The van der Waals surface area contributed by atoms with Crippen LogP contribution >= 0.6 is 0 Å². The second-order valence-corrected chi connectivity index (χ2v) is 7.99. The number of rotatable bonds is 6. The third kappa shape index (κ3) is 7.49. The van der Waals surface area contributed by atoms with Crippen molar-refractivity contribution in [2.45, 2.75) is 30.1 Å². The van der Waals surface area contributed by atoms with Gasteiger partial charge in [0.2, 0.25) is 0 Å². The van der Waals surface area contributed by atoms with E-state index < -0.39 is 32.8 Å². The molecule has 94 valence electrons. The van der Waals surface area contributed by atoms with Crippen molar-refractivity contribution in [2.24, 2.45) is 0 Å². The Morgan fingerprint density at radius 2 is 1.82 bits per heavy atom. The Labute approximate surface area is 105 Å². The first-order valence-electron chi connectivity index (χ1n) is 5.24. The molecular formula is C11H13F3O2Sn. The van der Waals surface area contributed by atoms with Crippen molar-refractivity contribution >= 4 is 20.2 Å². The van der Waals surface area contributed by atoms with Gasteiger partial charge in [0.15, 0.2) is 0 Å². The molecular weight excluding hydrogens is 340 g/mol. The standard InChI is InChI=1S/C7H7O.C4H6F3.O.Sn/c8-6-7-4-2-1-3-5-7;1-2-3-4(5,6)7;;/h1-5H,6H2;1-3H2;;/q-1;;;+1. The molecule has 0 spiro atoms. The minimum absolute atomic E-state index is 0.0780. The number of benzene rings is 1. The van der Waals surface area contributed by atoms with E-state index in [-0.39, 0.29) is 17.5 Å². The molecule has 0 saturated carbocycles. The molecule has 1 aromatic carbocycles. The molecule has 6 heteroatoms. The fourth-order valence-electron chi connectivity index (χ4n) is 1.24. The monoisotopic (exact) mass is 354 g/mol. The van der Waals surface area contributed by atoms with Crippen molar-refractivity contribution in [3.8, 4) is 0 Å². The molecule has 0 unspecified atom stereocenters. The van der Waals surface area contributed by atoms with Gasteiger partial charge in [-0.3, -0.25) is 0 Å². The molecule has 0 heterocycles. The first-order chi connectivity index (χ1) is 7.97. The molecule has 0 bridgehead atoms. The number of hydrogen-bond donors (Lipinski definition) is 0. The zero-order valence-electron chi connectivity index (χ0n) is 9.17. The van der Waals surface area contributed by atoms with Crippen molar-refractivity contribution in [1.29, 1.82) is 0 Å². The average Bonchev–Trinajstić information content (AvgIpc) is 2.26. The topological polar surface area (TPSA) is 26.3 Å². The van der Waals surface area contributed by atoms with Crippen molar-refractivity contribution in [3.05, 3.63) is 35.9 Å². The summed E-state index contributed by atoms with van der Waals surface area (Å²) in [7, 11) is 0. The summed E-state index contributed by atoms with van der Waals surface area (Å²) in [6.07, 6.45) is -5.15. The maximum atomic E-state index is 11.8. The fourth-order valence-corrected chi connectivity index (χ4v) is 3.92. The van der Waals surface area contributed by atoms with E-state index in [0.29, 0.717) is 0 Å². The molecule has 17 heavy (non-hydrogen) atoms. The Bertz CT molecular complexity index is 351. The van der Waals surface area contributed by atoms with Crippen LogP contribution in [0.3, 0.4) is 0 Å². The van der Waals surface area contributed by atoms with Crippen LogP contribution in [0.15, 0.2) is 30.3 Å². The fraction of sp³-hybridized carbons (Fsp3) is 0.455. The van der Waals surface area contributed by atoms with Gasteiger partial charge in [-0.15, -0.1) is 0 Å². The zero-order valence-corrected chi connectivity index (χ0v) is 12.0. The van der Waals surface area contributed by atoms with Crippen LogP contribution in [-0.2, 0) is 12.8 Å². The van der Waals surface area contributed by atoms with Gasteiger partial charge in [0.05, 0.1) is 0 Å². The van der Waals surface area contributed by atoms with E-state index in [1.165, 1.54) is 0 Å². The second kappa shape index (κ2) is 7.10. The maximum absolute atomic E-state index is 11.8. The molecule has 1 rings (SSSR count). The van der Waals surface area contributed by atoms with Gasteiger partial charge in [-0.05, 0) is 0 Å². The van der Waals surface area contributed by atoms with Gasteiger partial charge < -0.3 is 0 Å². The molecule has 0 radical (unpaired) electrons. The minimum atomic E-state index is -4.16. The summed E-state index contributed by atoms with van der Waals surface area (Å²) in [6.45, 7) is 0.227. The van der Waals surface area contributed by atoms with E-state index in [1.807, 2.05) is 30.3 Å². The quantitative estimate of drug-likeness (QED) is 0.733. The van der Waals surface area contributed by atoms with Crippen LogP contribution in [0.5, 0.6) is 0 Å². The molecule has 0 aromatic heterocycles. The number of halogens is 3. The van der Waals surface area contributed by atoms with E-state index in [1.54, 1.807) is 0 Å². The van der Waals surface area contributed by atoms with E-state index >= 15 is 0 Å². The van der Waals surface area contributed by atoms with Gasteiger partial charge in [-0.25, -0.2) is 0 Å². The summed E-state index contributed by atoms with van der Waals surface area (Å²) in [5.41, 5.74) is 0.886. The summed E-state index contributed by atoms with van der Waals surface area (Å²) in [4.78, 5) is 0. The van der Waals surface area contributed by atoms with Gasteiger partial charge in [-0.1, -0.05) is 0 Å². The molecule has 2 nitrogen and oxygen atoms in total. The van der Waals surface area contributed by atoms with Crippen molar-refractivity contribution in [2.75, 3.05) is 0 Å². The van der Waals surface area contributed by atoms with Crippen LogP contribution < -0.4 is 0 Å². The van der Waals surface area contributed by atoms with Crippen molar-refractivity contribution in [3.63, 3.8) is 0 Å². The summed E-state index contributed by atoms with van der Waals surface area (Å²) < 4.78 is 52.1. The van der Waals surface area contributed by atoms with Crippen LogP contribution in [-0.4, -0.2) is 26.3 Å². The molecule has 0 N–H and O–H groups in total.